The van der Waals surface area contributed by atoms with E-state index in [1.807, 2.05) is 38.2 Å². The molecule has 0 radical (unpaired) electrons. The van der Waals surface area contributed by atoms with Crippen molar-refractivity contribution in [1.82, 2.24) is 4.90 Å². The SMILES string of the molecule is CCCCN(C)C(=O)C1CC1C(=O)Nc1ccc(OCC)cc1. The second-order valence-electron chi connectivity index (χ2n) is 6.01. The Labute approximate surface area is 138 Å². The lowest BCUT2D eigenvalue weighted by molar-refractivity contribution is -0.132. The average Bonchev–Trinajstić information content (AvgIpc) is 3.34. The van der Waals surface area contributed by atoms with Crippen LogP contribution in [0.25, 0.3) is 0 Å². The molecule has 5 nitrogen and oxygen atoms in total. The minimum absolute atomic E-state index is 0.0728. The third-order valence-corrected chi connectivity index (χ3v) is 4.10. The number of carbonyl (C=O) groups excluding carboxylic acids is 2. The molecule has 1 aliphatic carbocycles. The Morgan fingerprint density at radius 1 is 1.22 bits per heavy atom. The molecule has 2 rings (SSSR count). The highest BCUT2D eigenvalue weighted by molar-refractivity contribution is 5.99. The predicted molar refractivity (Wildman–Crippen MR) is 90.4 cm³/mol. The van der Waals surface area contributed by atoms with Crippen LogP contribution in [0.1, 0.15) is 33.1 Å². The van der Waals surface area contributed by atoms with Gasteiger partial charge in [0.05, 0.1) is 18.4 Å². The number of carbonyl (C=O) groups is 2. The van der Waals surface area contributed by atoms with Gasteiger partial charge in [-0.2, -0.15) is 0 Å². The number of nitrogens with zero attached hydrogens (tertiary/aromatic N) is 1. The van der Waals surface area contributed by atoms with Crippen molar-refractivity contribution in [2.75, 3.05) is 25.5 Å². The van der Waals surface area contributed by atoms with E-state index in [0.717, 1.165) is 30.8 Å². The van der Waals surface area contributed by atoms with E-state index >= 15 is 0 Å². The van der Waals surface area contributed by atoms with Gasteiger partial charge in [0.1, 0.15) is 5.75 Å². The van der Waals surface area contributed by atoms with Crippen LogP contribution >= 0.6 is 0 Å². The van der Waals surface area contributed by atoms with Gasteiger partial charge in [0.2, 0.25) is 11.8 Å². The molecule has 1 aromatic carbocycles. The van der Waals surface area contributed by atoms with Gasteiger partial charge >= 0.3 is 0 Å². The van der Waals surface area contributed by atoms with Crippen LogP contribution in [-0.4, -0.2) is 36.9 Å². The van der Waals surface area contributed by atoms with Crippen molar-refractivity contribution >= 4 is 17.5 Å². The normalized spacial score (nSPS) is 19.1. The number of ether oxygens (including phenoxy) is 1. The highest BCUT2D eigenvalue weighted by Gasteiger charge is 2.48. The second kappa shape index (κ2) is 7.99. The zero-order valence-corrected chi connectivity index (χ0v) is 14.2. The van der Waals surface area contributed by atoms with Gasteiger partial charge in [-0.25, -0.2) is 0 Å². The number of anilines is 1. The molecule has 0 aromatic heterocycles. The second-order valence-corrected chi connectivity index (χ2v) is 6.01. The van der Waals surface area contributed by atoms with Gasteiger partial charge in [-0.05, 0) is 44.0 Å². The first-order valence-corrected chi connectivity index (χ1v) is 8.35. The van der Waals surface area contributed by atoms with E-state index in [1.165, 1.54) is 0 Å². The standard InChI is InChI=1S/C18H26N2O3/c1-4-6-11-20(3)18(22)16-12-15(16)17(21)19-13-7-9-14(10-8-13)23-5-2/h7-10,15-16H,4-6,11-12H2,1-3H3,(H,19,21). The highest BCUT2D eigenvalue weighted by atomic mass is 16.5. The number of amides is 2. The van der Waals surface area contributed by atoms with Gasteiger partial charge in [0.25, 0.3) is 0 Å². The number of benzene rings is 1. The van der Waals surface area contributed by atoms with E-state index in [2.05, 4.69) is 12.2 Å². The van der Waals surface area contributed by atoms with Crippen molar-refractivity contribution in [2.24, 2.45) is 11.8 Å². The summed E-state index contributed by atoms with van der Waals surface area (Å²) < 4.78 is 5.37. The van der Waals surface area contributed by atoms with Crippen molar-refractivity contribution < 1.29 is 14.3 Å². The molecule has 126 valence electrons. The number of hydrogen-bond acceptors (Lipinski definition) is 3. The first-order chi connectivity index (χ1) is 11.1. The minimum atomic E-state index is -0.196. The number of unbranched alkanes of at least 4 members (excludes halogenated alkanes) is 1. The molecule has 1 fully saturated rings. The summed E-state index contributed by atoms with van der Waals surface area (Å²) in [5.41, 5.74) is 0.732. The molecule has 0 heterocycles. The lowest BCUT2D eigenvalue weighted by Crippen LogP contribution is -2.30. The van der Waals surface area contributed by atoms with E-state index in [9.17, 15) is 9.59 Å². The molecule has 1 aliphatic rings. The van der Waals surface area contributed by atoms with Crippen LogP contribution in [0.2, 0.25) is 0 Å². The Kier molecular flexibility index (Phi) is 6.02. The summed E-state index contributed by atoms with van der Waals surface area (Å²) in [7, 11) is 1.82. The summed E-state index contributed by atoms with van der Waals surface area (Å²) in [6.45, 7) is 5.40. The molecule has 0 saturated heterocycles. The molecular formula is C18H26N2O3. The maximum atomic E-state index is 12.2. The summed E-state index contributed by atoms with van der Waals surface area (Å²) in [4.78, 5) is 26.2. The summed E-state index contributed by atoms with van der Waals surface area (Å²) in [6.07, 6.45) is 2.71. The fraction of sp³-hybridized carbons (Fsp3) is 0.556. The maximum Gasteiger partial charge on any atom is 0.228 e. The van der Waals surface area contributed by atoms with Gasteiger partial charge in [-0.3, -0.25) is 9.59 Å². The van der Waals surface area contributed by atoms with Crippen molar-refractivity contribution in [2.45, 2.75) is 33.1 Å². The van der Waals surface area contributed by atoms with E-state index in [0.29, 0.717) is 13.0 Å². The smallest absolute Gasteiger partial charge is 0.228 e. The Hall–Kier alpha value is -2.04. The molecule has 1 saturated carbocycles. The molecule has 1 aromatic rings. The summed E-state index contributed by atoms with van der Waals surface area (Å²) >= 11 is 0. The number of nitrogens with one attached hydrogen (secondary N) is 1. The van der Waals surface area contributed by atoms with Gasteiger partial charge in [0, 0.05) is 19.3 Å². The molecule has 0 bridgehead atoms. The molecule has 23 heavy (non-hydrogen) atoms. The highest BCUT2D eigenvalue weighted by Crippen LogP contribution is 2.40. The first-order valence-electron chi connectivity index (χ1n) is 8.35. The van der Waals surface area contributed by atoms with E-state index in [-0.39, 0.29) is 23.7 Å². The molecule has 2 amide bonds. The molecule has 5 heteroatoms. The molecule has 1 N–H and O–H groups in total. The van der Waals surface area contributed by atoms with Crippen LogP contribution < -0.4 is 10.1 Å². The Balaban J connectivity index is 1.82. The van der Waals surface area contributed by atoms with Crippen LogP contribution in [0.3, 0.4) is 0 Å². The molecule has 0 aliphatic heterocycles. The summed E-state index contributed by atoms with van der Waals surface area (Å²) in [5, 5.41) is 2.87. The lowest BCUT2D eigenvalue weighted by atomic mass is 10.2. The largest absolute Gasteiger partial charge is 0.494 e. The third kappa shape index (κ3) is 4.71. The Morgan fingerprint density at radius 2 is 1.91 bits per heavy atom. The summed E-state index contributed by atoms with van der Waals surface area (Å²) in [5.74, 6) is 0.446. The van der Waals surface area contributed by atoms with Gasteiger partial charge in [0.15, 0.2) is 0 Å². The first kappa shape index (κ1) is 17.3. The van der Waals surface area contributed by atoms with Crippen molar-refractivity contribution in [3.63, 3.8) is 0 Å². The topological polar surface area (TPSA) is 58.6 Å². The van der Waals surface area contributed by atoms with Crippen molar-refractivity contribution in [3.05, 3.63) is 24.3 Å². The Morgan fingerprint density at radius 3 is 2.52 bits per heavy atom. The van der Waals surface area contributed by atoms with E-state index in [4.69, 9.17) is 4.74 Å². The minimum Gasteiger partial charge on any atom is -0.494 e. The number of hydrogen-bond donors (Lipinski definition) is 1. The van der Waals surface area contributed by atoms with Crippen LogP contribution in [0, 0.1) is 11.8 Å². The molecular weight excluding hydrogens is 292 g/mol. The predicted octanol–water partition coefficient (Wildman–Crippen LogP) is 2.92. The fourth-order valence-corrected chi connectivity index (χ4v) is 2.58. The number of rotatable bonds is 8. The van der Waals surface area contributed by atoms with Crippen molar-refractivity contribution in [3.8, 4) is 5.75 Å². The third-order valence-electron chi connectivity index (χ3n) is 4.10. The summed E-state index contributed by atoms with van der Waals surface area (Å²) in [6, 6.07) is 7.28. The quantitative estimate of drug-likeness (QED) is 0.802. The zero-order valence-electron chi connectivity index (χ0n) is 14.2. The van der Waals surface area contributed by atoms with E-state index in [1.54, 1.807) is 4.90 Å². The lowest BCUT2D eigenvalue weighted by Gasteiger charge is -2.16. The zero-order chi connectivity index (χ0) is 16.8. The molecule has 0 spiro atoms. The van der Waals surface area contributed by atoms with Gasteiger partial charge in [-0.15, -0.1) is 0 Å². The molecule has 2 unspecified atom stereocenters. The van der Waals surface area contributed by atoms with Crippen LogP contribution in [0.4, 0.5) is 5.69 Å². The monoisotopic (exact) mass is 318 g/mol. The average molecular weight is 318 g/mol. The maximum absolute atomic E-state index is 12.2. The van der Waals surface area contributed by atoms with Gasteiger partial charge in [-0.1, -0.05) is 13.3 Å². The van der Waals surface area contributed by atoms with E-state index < -0.39 is 0 Å². The van der Waals surface area contributed by atoms with Gasteiger partial charge < -0.3 is 15.0 Å². The van der Waals surface area contributed by atoms with Crippen LogP contribution in [0.15, 0.2) is 24.3 Å². The van der Waals surface area contributed by atoms with Crippen molar-refractivity contribution in [1.29, 1.82) is 0 Å². The van der Waals surface area contributed by atoms with Crippen LogP contribution in [0.5, 0.6) is 5.75 Å². The van der Waals surface area contributed by atoms with Crippen LogP contribution in [-0.2, 0) is 9.59 Å². The fourth-order valence-electron chi connectivity index (χ4n) is 2.58. The Bertz CT molecular complexity index is 542. The molecule has 2 atom stereocenters.